The number of benzene rings is 4. The van der Waals surface area contributed by atoms with Gasteiger partial charge in [-0.3, -0.25) is 0 Å². The van der Waals surface area contributed by atoms with E-state index in [0.29, 0.717) is 14.7 Å². The van der Waals surface area contributed by atoms with Gasteiger partial charge in [0.1, 0.15) is 4.90 Å². The van der Waals surface area contributed by atoms with Gasteiger partial charge in [-0.25, -0.2) is 3.63 Å². The van der Waals surface area contributed by atoms with E-state index in [2.05, 4.69) is 0 Å². The van der Waals surface area contributed by atoms with Crippen LogP contribution in [0.25, 0.3) is 0 Å². The average Bonchev–Trinajstić information content (AvgIpc) is 2.88. The molecule has 0 heterocycles. The van der Waals surface area contributed by atoms with Crippen LogP contribution < -0.4 is 0 Å². The average molecular weight is 531 g/mol. The predicted octanol–water partition coefficient (Wildman–Crippen LogP) is 8.43. The van der Waals surface area contributed by atoms with E-state index in [1.165, 1.54) is 6.07 Å². The zero-order valence-electron chi connectivity index (χ0n) is 19.6. The van der Waals surface area contributed by atoms with Gasteiger partial charge in [0, 0.05) is 14.7 Å². The van der Waals surface area contributed by atoms with Gasteiger partial charge in [-0.05, 0) is 70.3 Å². The molecule has 0 atom stereocenters. The van der Waals surface area contributed by atoms with E-state index < -0.39 is 37.1 Å². The Hall–Kier alpha value is -3.07. The summed E-state index contributed by atoms with van der Waals surface area (Å²) in [7, 11) is -7.88. The zero-order valence-corrected chi connectivity index (χ0v) is 21.3. The van der Waals surface area contributed by atoms with E-state index >= 15 is 0 Å². The quantitative estimate of drug-likeness (QED) is 0.241. The lowest BCUT2D eigenvalue weighted by Gasteiger charge is -2.39. The Balaban J connectivity index is 2.02. The van der Waals surface area contributed by atoms with Gasteiger partial charge in [0.25, 0.3) is 0 Å². The Bertz CT molecular complexity index is 1380. The smallest absolute Gasteiger partial charge is 0.203 e. The Morgan fingerprint density at radius 1 is 0.639 bits per heavy atom. The van der Waals surface area contributed by atoms with Gasteiger partial charge in [0.15, 0.2) is 0 Å². The highest BCUT2D eigenvalue weighted by molar-refractivity contribution is 8.33. The molecule has 188 valence electrons. The topological polar surface area (TPSA) is 43.4 Å². The van der Waals surface area contributed by atoms with Gasteiger partial charge in [-0.15, -0.1) is 0 Å². The summed E-state index contributed by atoms with van der Waals surface area (Å²) in [5.41, 5.74) is -0.229. The number of hydrogen-bond donors (Lipinski definition) is 0. The summed E-state index contributed by atoms with van der Waals surface area (Å²) in [5, 5.41) is 0. The van der Waals surface area contributed by atoms with Crippen LogP contribution in [0.3, 0.4) is 0 Å². The molecule has 0 radical (unpaired) electrons. The third-order valence-corrected chi connectivity index (χ3v) is 10.9. The molecule has 36 heavy (non-hydrogen) atoms. The van der Waals surface area contributed by atoms with Gasteiger partial charge in [-0.2, -0.15) is 21.6 Å². The molecule has 0 amide bonds. The largest absolute Gasteiger partial charge is 0.417 e. The number of halogens is 3. The van der Waals surface area contributed by atoms with E-state index in [-0.39, 0.29) is 5.92 Å². The minimum Gasteiger partial charge on any atom is -0.203 e. The van der Waals surface area contributed by atoms with Gasteiger partial charge < -0.3 is 0 Å². The SMILES string of the molecule is CC(C)c1ccc(S(OS(=O)(=O)c2ccccc2C(F)(F)F)(c2ccccc2)c2ccccc2)cc1. The van der Waals surface area contributed by atoms with Crippen LogP contribution in [-0.4, -0.2) is 8.42 Å². The first kappa shape index (κ1) is 26.0. The summed E-state index contributed by atoms with van der Waals surface area (Å²) in [6.07, 6.45) is -4.87. The maximum atomic E-state index is 13.8. The van der Waals surface area contributed by atoms with Crippen molar-refractivity contribution < 1.29 is 25.2 Å². The maximum Gasteiger partial charge on any atom is 0.417 e. The minimum atomic E-state index is -4.89. The van der Waals surface area contributed by atoms with E-state index in [1.807, 2.05) is 26.0 Å². The molecule has 0 aliphatic carbocycles. The van der Waals surface area contributed by atoms with Crippen LogP contribution >= 0.6 is 10.3 Å². The van der Waals surface area contributed by atoms with Crippen molar-refractivity contribution >= 4 is 20.4 Å². The molecule has 0 aromatic heterocycles. The van der Waals surface area contributed by atoms with E-state index in [9.17, 15) is 21.6 Å². The van der Waals surface area contributed by atoms with Gasteiger partial charge in [0.2, 0.25) is 0 Å². The molecule has 4 aromatic carbocycles. The van der Waals surface area contributed by atoms with Crippen molar-refractivity contribution in [3.8, 4) is 0 Å². The van der Waals surface area contributed by atoms with Crippen molar-refractivity contribution in [1.29, 1.82) is 0 Å². The molecule has 0 spiro atoms. The highest BCUT2D eigenvalue weighted by atomic mass is 32.3. The van der Waals surface area contributed by atoms with Crippen LogP contribution in [0, 0.1) is 0 Å². The lowest BCUT2D eigenvalue weighted by Crippen LogP contribution is -2.18. The molecule has 0 saturated heterocycles. The first-order chi connectivity index (χ1) is 17.1. The van der Waals surface area contributed by atoms with Crippen LogP contribution in [0.5, 0.6) is 0 Å². The van der Waals surface area contributed by atoms with Crippen molar-refractivity contribution in [2.45, 2.75) is 45.5 Å². The lowest BCUT2D eigenvalue weighted by atomic mass is 10.0. The number of hydrogen-bond acceptors (Lipinski definition) is 3. The number of alkyl halides is 3. The molecule has 0 bridgehead atoms. The van der Waals surface area contributed by atoms with Crippen LogP contribution in [0.1, 0.15) is 30.9 Å². The van der Waals surface area contributed by atoms with Crippen molar-refractivity contribution in [2.75, 3.05) is 0 Å². The molecule has 0 fully saturated rings. The fourth-order valence-electron chi connectivity index (χ4n) is 3.88. The van der Waals surface area contributed by atoms with E-state index in [1.54, 1.807) is 72.8 Å². The Morgan fingerprint density at radius 3 is 1.56 bits per heavy atom. The third-order valence-electron chi connectivity index (χ3n) is 5.68. The number of rotatable bonds is 7. The minimum absolute atomic E-state index is 0.236. The van der Waals surface area contributed by atoms with Gasteiger partial charge in [-0.1, -0.05) is 74.5 Å². The van der Waals surface area contributed by atoms with Crippen LogP contribution in [0.4, 0.5) is 13.2 Å². The normalized spacial score (nSPS) is 13.1. The molecule has 0 aliphatic heterocycles. The van der Waals surface area contributed by atoms with E-state index in [4.69, 9.17) is 3.63 Å². The highest BCUT2D eigenvalue weighted by Crippen LogP contribution is 2.70. The first-order valence-electron chi connectivity index (χ1n) is 11.2. The van der Waals surface area contributed by atoms with E-state index in [0.717, 1.165) is 23.8 Å². The maximum absolute atomic E-state index is 13.8. The summed E-state index contributed by atoms with van der Waals surface area (Å²) in [6.45, 7) is 4.08. The molecule has 0 unspecified atom stereocenters. The molecular weight excluding hydrogens is 505 g/mol. The summed E-state index contributed by atoms with van der Waals surface area (Å²) in [4.78, 5) is 0.723. The molecule has 4 aromatic rings. The predicted molar refractivity (Wildman–Crippen MR) is 136 cm³/mol. The third kappa shape index (κ3) is 5.07. The second kappa shape index (κ2) is 10.1. The molecule has 0 aliphatic rings. The van der Waals surface area contributed by atoms with Crippen molar-refractivity contribution in [2.24, 2.45) is 0 Å². The van der Waals surface area contributed by atoms with Crippen LogP contribution in [0.15, 0.2) is 129 Å². The molecule has 0 N–H and O–H groups in total. The highest BCUT2D eigenvalue weighted by Gasteiger charge is 2.42. The lowest BCUT2D eigenvalue weighted by molar-refractivity contribution is -0.139. The molecule has 0 saturated carbocycles. The molecule has 4 rings (SSSR count). The van der Waals surface area contributed by atoms with Crippen LogP contribution in [0.2, 0.25) is 0 Å². The van der Waals surface area contributed by atoms with Gasteiger partial charge >= 0.3 is 16.3 Å². The second-order valence-electron chi connectivity index (χ2n) is 8.42. The van der Waals surface area contributed by atoms with Crippen molar-refractivity contribution in [3.63, 3.8) is 0 Å². The first-order valence-corrected chi connectivity index (χ1v) is 14.2. The molecule has 8 heteroatoms. The Morgan fingerprint density at radius 2 is 1.08 bits per heavy atom. The fourth-order valence-corrected chi connectivity index (χ4v) is 9.31. The van der Waals surface area contributed by atoms with Crippen molar-refractivity contribution in [3.05, 3.63) is 120 Å². The summed E-state index contributed by atoms with van der Waals surface area (Å²) >= 11 is 0. The monoisotopic (exact) mass is 530 g/mol. The molecule has 3 nitrogen and oxygen atoms in total. The summed E-state index contributed by atoms with van der Waals surface area (Å²) in [5.74, 6) is 0.236. The van der Waals surface area contributed by atoms with Crippen LogP contribution in [-0.2, 0) is 19.9 Å². The summed E-state index contributed by atoms with van der Waals surface area (Å²) in [6, 6.07) is 29.0. The van der Waals surface area contributed by atoms with Crippen molar-refractivity contribution in [1.82, 2.24) is 0 Å². The summed E-state index contributed by atoms with van der Waals surface area (Å²) < 4.78 is 74.8. The Kier molecular flexibility index (Phi) is 7.31. The molecular formula is C28H25F3O3S2. The fraction of sp³-hybridized carbons (Fsp3) is 0.143. The Labute approximate surface area is 211 Å². The standard InChI is InChI=1S/C28H25F3O3S2/c1-21(2)22-17-19-25(20-18-22)35(23-11-5-3-6-12-23,24-13-7-4-8-14-24)34-36(32,33)27-16-10-9-15-26(27)28(29,30)31/h3-21H,1-2H3. The second-order valence-corrected chi connectivity index (χ2v) is 12.8. The van der Waals surface area contributed by atoms with Gasteiger partial charge in [0.05, 0.1) is 5.56 Å². The zero-order chi connectivity index (χ0) is 26.0.